The molecule has 56 heavy (non-hydrogen) atoms. The first kappa shape index (κ1) is 42.4. The third-order valence-electron chi connectivity index (χ3n) is 10.0. The number of aromatic nitrogens is 1. The van der Waals surface area contributed by atoms with Gasteiger partial charge in [0.15, 0.2) is 0 Å². The van der Waals surface area contributed by atoms with Crippen LogP contribution in [0.2, 0.25) is 0 Å². The van der Waals surface area contributed by atoms with Crippen molar-refractivity contribution in [3.05, 3.63) is 167 Å². The van der Waals surface area contributed by atoms with E-state index in [0.717, 1.165) is 11.3 Å². The van der Waals surface area contributed by atoms with Crippen molar-refractivity contribution in [1.29, 1.82) is 0 Å². The zero-order valence-corrected chi connectivity index (χ0v) is 36.3. The Labute approximate surface area is 339 Å². The number of fused-ring (bicyclic) bond motifs is 5. The van der Waals surface area contributed by atoms with Gasteiger partial charge >= 0.3 is 0 Å². The fourth-order valence-corrected chi connectivity index (χ4v) is 7.33. The summed E-state index contributed by atoms with van der Waals surface area (Å²) in [6.07, 6.45) is 2.50. The van der Waals surface area contributed by atoms with Crippen LogP contribution in [0.4, 0.5) is 17.1 Å². The van der Waals surface area contributed by atoms with E-state index >= 15 is 0 Å². The van der Waals surface area contributed by atoms with Gasteiger partial charge in [-0.05, 0) is 84.6 Å². The second-order valence-electron chi connectivity index (χ2n) is 15.2. The molecule has 0 saturated heterocycles. The highest BCUT2D eigenvalue weighted by molar-refractivity contribution is 6.92. The molecule has 0 fully saturated rings. The van der Waals surface area contributed by atoms with Crippen molar-refractivity contribution in [3.8, 4) is 5.69 Å². The minimum absolute atomic E-state index is 0. The van der Waals surface area contributed by atoms with E-state index in [0.29, 0.717) is 26.4 Å². The first-order chi connectivity index (χ1) is 26.7. The topological polar surface area (TPSA) is 26.6 Å². The van der Waals surface area contributed by atoms with E-state index in [1.165, 1.54) is 79.5 Å². The van der Waals surface area contributed by atoms with Gasteiger partial charge in [-0.25, -0.2) is 0 Å². The minimum atomic E-state index is -0.194. The Morgan fingerprint density at radius 2 is 1.00 bits per heavy atom. The van der Waals surface area contributed by atoms with Crippen molar-refractivity contribution in [2.24, 2.45) is 0 Å². The van der Waals surface area contributed by atoms with Gasteiger partial charge in [0.2, 0.25) is 0 Å². The molecule has 8 rings (SSSR count). The summed E-state index contributed by atoms with van der Waals surface area (Å²) in [7, 11) is 0. The summed E-state index contributed by atoms with van der Waals surface area (Å²) in [4.78, 5) is 2.44. The lowest BCUT2D eigenvalue weighted by Gasteiger charge is -2.42. The zero-order valence-electron chi connectivity index (χ0n) is 34.9. The van der Waals surface area contributed by atoms with E-state index in [9.17, 15) is 0 Å². The van der Waals surface area contributed by atoms with E-state index in [-0.39, 0.29) is 15.3 Å². The second-order valence-corrected chi connectivity index (χ2v) is 15.2. The molecule has 0 aliphatic carbocycles. The predicted molar refractivity (Wildman–Crippen MR) is 246 cm³/mol. The summed E-state index contributed by atoms with van der Waals surface area (Å²) < 4.78 is 14.3. The third-order valence-corrected chi connectivity index (χ3v) is 10.0. The summed E-state index contributed by atoms with van der Waals surface area (Å²) in [6.45, 7) is 19.7. The lowest BCUT2D eigenvalue weighted by Crippen LogP contribution is -2.30. The normalized spacial score (nSPS) is 12.5. The van der Waals surface area contributed by atoms with Gasteiger partial charge in [-0.2, -0.15) is 9.90 Å². The average molecular weight is 765 g/mol. The van der Waals surface area contributed by atoms with Crippen molar-refractivity contribution in [1.82, 2.24) is 4.57 Å². The Kier molecular flexibility index (Phi) is 14.7. The molecule has 0 spiro atoms. The molecular formula is C51H61N2O2P. The van der Waals surface area contributed by atoms with Crippen LogP contribution >= 0.6 is 9.90 Å². The quantitative estimate of drug-likeness (QED) is 0.108. The fraction of sp³-hybridized carbons (Fsp3) is 0.294. The molecule has 4 nitrogen and oxygen atoms in total. The summed E-state index contributed by atoms with van der Waals surface area (Å²) in [5, 5.41) is 2.51. The predicted octanol–water partition coefficient (Wildman–Crippen LogP) is 14.1. The molecule has 1 unspecified atom stereocenters. The number of para-hydroxylation sites is 2. The van der Waals surface area contributed by atoms with Crippen molar-refractivity contribution in [2.75, 3.05) is 18.1 Å². The lowest BCUT2D eigenvalue weighted by atomic mass is 9.73. The number of rotatable bonds is 9. The smallest absolute Gasteiger partial charge is 0.0718 e. The number of nitrogens with zero attached hydrogens (tertiary/aromatic N) is 2. The maximum Gasteiger partial charge on any atom is 0.0718 e. The van der Waals surface area contributed by atoms with E-state index in [4.69, 9.17) is 9.47 Å². The highest BCUT2D eigenvalue weighted by Crippen LogP contribution is 2.53. The molecule has 1 aromatic heterocycles. The van der Waals surface area contributed by atoms with E-state index in [2.05, 4.69) is 198 Å². The standard InChI is InChI=1S/C45H42N2O2.2C3H8.H3P/c1-31-13-17-33(18-14-31)29-48-25-26-49-30-34-19-23-36(24-20-34)47-42-12-8-6-10-39(42)45(3,4)40-28-43-38(27-44(40)47)37-9-5-7-11-41(37)46(43)35-21-15-32(2)16-22-35;2*1-3-2;/h5-24,27-28H,25-26,29-30H2,1-4H3;2*3H2,1-2H3;1H3. The van der Waals surface area contributed by atoms with Crippen LogP contribution in [-0.4, -0.2) is 17.8 Å². The Balaban J connectivity index is 0.000000808. The van der Waals surface area contributed by atoms with Crippen LogP contribution < -0.4 is 4.90 Å². The molecule has 292 valence electrons. The molecule has 0 bridgehead atoms. The largest absolute Gasteiger partial charge is 0.374 e. The first-order valence-corrected chi connectivity index (χ1v) is 20.1. The molecule has 7 aromatic rings. The van der Waals surface area contributed by atoms with Gasteiger partial charge in [-0.1, -0.05) is 150 Å². The van der Waals surface area contributed by atoms with Crippen molar-refractivity contribution < 1.29 is 9.47 Å². The van der Waals surface area contributed by atoms with Crippen LogP contribution in [0.25, 0.3) is 27.5 Å². The number of aryl methyl sites for hydroxylation is 2. The Bertz CT molecular complexity index is 2300. The molecule has 6 aromatic carbocycles. The molecule has 1 aliphatic heterocycles. The lowest BCUT2D eigenvalue weighted by molar-refractivity contribution is 0.0339. The molecule has 2 heterocycles. The zero-order chi connectivity index (χ0) is 39.0. The maximum absolute atomic E-state index is 6.00. The summed E-state index contributed by atoms with van der Waals surface area (Å²) >= 11 is 0. The summed E-state index contributed by atoms with van der Waals surface area (Å²) in [5.74, 6) is 0. The van der Waals surface area contributed by atoms with Crippen LogP contribution in [0, 0.1) is 13.8 Å². The van der Waals surface area contributed by atoms with Gasteiger partial charge in [-0.3, -0.25) is 0 Å². The Hall–Kier alpha value is -4.73. The number of hydrogen-bond donors (Lipinski definition) is 0. The second kappa shape index (κ2) is 19.4. The number of ether oxygens (including phenoxy) is 2. The van der Waals surface area contributed by atoms with E-state index in [1.807, 2.05) is 0 Å². The molecule has 0 saturated carbocycles. The van der Waals surface area contributed by atoms with Crippen LogP contribution in [0.5, 0.6) is 0 Å². The van der Waals surface area contributed by atoms with Crippen molar-refractivity contribution >= 4 is 48.8 Å². The van der Waals surface area contributed by atoms with Crippen LogP contribution in [0.15, 0.2) is 133 Å². The van der Waals surface area contributed by atoms with Crippen molar-refractivity contribution in [2.45, 2.75) is 86.9 Å². The van der Waals surface area contributed by atoms with E-state index in [1.54, 1.807) is 0 Å². The third kappa shape index (κ3) is 9.11. The number of benzene rings is 6. The Morgan fingerprint density at radius 3 is 1.61 bits per heavy atom. The molecule has 0 radical (unpaired) electrons. The van der Waals surface area contributed by atoms with Gasteiger partial charge in [0.25, 0.3) is 0 Å². The van der Waals surface area contributed by atoms with Gasteiger partial charge in [0.1, 0.15) is 0 Å². The molecule has 1 atom stereocenters. The Morgan fingerprint density at radius 1 is 0.500 bits per heavy atom. The van der Waals surface area contributed by atoms with Crippen LogP contribution in [0.1, 0.15) is 87.8 Å². The SMILES string of the molecule is CCC.CCC.Cc1ccc(COCCOCc2ccc(N3c4ccccc4C(C)(C)c4cc5c(cc43)c3ccccc3n5-c3ccc(C)cc3)cc2)cc1.P. The van der Waals surface area contributed by atoms with Gasteiger partial charge in [0, 0.05) is 27.6 Å². The van der Waals surface area contributed by atoms with Crippen LogP contribution in [-0.2, 0) is 28.1 Å². The average Bonchev–Trinajstić information content (AvgIpc) is 3.51. The fourth-order valence-electron chi connectivity index (χ4n) is 7.33. The summed E-state index contributed by atoms with van der Waals surface area (Å²) in [5.41, 5.74) is 14.5. The molecule has 0 N–H and O–H groups in total. The molecule has 0 amide bonds. The first-order valence-electron chi connectivity index (χ1n) is 20.1. The van der Waals surface area contributed by atoms with Gasteiger partial charge < -0.3 is 18.9 Å². The molecule has 5 heteroatoms. The van der Waals surface area contributed by atoms with Crippen LogP contribution in [0.3, 0.4) is 0 Å². The van der Waals surface area contributed by atoms with E-state index < -0.39 is 0 Å². The highest BCUT2D eigenvalue weighted by Gasteiger charge is 2.37. The molecular weight excluding hydrogens is 704 g/mol. The monoisotopic (exact) mass is 764 g/mol. The maximum atomic E-state index is 6.00. The minimum Gasteiger partial charge on any atom is -0.374 e. The highest BCUT2D eigenvalue weighted by atomic mass is 31.0. The summed E-state index contributed by atoms with van der Waals surface area (Å²) in [6, 6.07) is 48.7. The number of hydrogen-bond acceptors (Lipinski definition) is 3. The number of anilines is 3. The molecule has 1 aliphatic rings. The van der Waals surface area contributed by atoms with Gasteiger partial charge in [-0.15, -0.1) is 0 Å². The van der Waals surface area contributed by atoms with Crippen molar-refractivity contribution in [3.63, 3.8) is 0 Å². The van der Waals surface area contributed by atoms with Gasteiger partial charge in [0.05, 0.1) is 48.8 Å².